The van der Waals surface area contributed by atoms with E-state index >= 15 is 0 Å². The largest absolute Gasteiger partial charge is 0.337 e. The van der Waals surface area contributed by atoms with Crippen LogP contribution in [0.4, 0.5) is 11.5 Å². The molecule has 0 saturated heterocycles. The Morgan fingerprint density at radius 3 is 2.67 bits per heavy atom. The number of rotatable bonds is 2. The number of hydrogen-bond acceptors (Lipinski definition) is 4. The third kappa shape index (κ3) is 2.60. The molecule has 0 atom stereocenters. The quantitative estimate of drug-likeness (QED) is 0.892. The van der Waals surface area contributed by atoms with Crippen LogP contribution in [0.25, 0.3) is 0 Å². The van der Waals surface area contributed by atoms with Gasteiger partial charge in [0.05, 0.1) is 16.8 Å². The van der Waals surface area contributed by atoms with Crippen LogP contribution in [0, 0.1) is 0 Å². The SMILES string of the molecule is Clc1cc(Nc2nsnc2Cl)ccc1Br. The first kappa shape index (κ1) is 11.1. The van der Waals surface area contributed by atoms with E-state index in [1.165, 1.54) is 0 Å². The third-order valence-corrected chi connectivity index (χ3v) is 3.76. The minimum Gasteiger partial charge on any atom is -0.337 e. The van der Waals surface area contributed by atoms with Crippen LogP contribution in [0.2, 0.25) is 10.2 Å². The Hall–Kier alpha value is -0.360. The molecule has 1 aromatic heterocycles. The van der Waals surface area contributed by atoms with Crippen LogP contribution >= 0.6 is 50.9 Å². The molecule has 0 fully saturated rings. The van der Waals surface area contributed by atoms with E-state index in [2.05, 4.69) is 30.0 Å². The summed E-state index contributed by atoms with van der Waals surface area (Å²) in [4.78, 5) is 0. The van der Waals surface area contributed by atoms with Gasteiger partial charge < -0.3 is 5.32 Å². The molecular formula is C8H4BrCl2N3S. The first-order valence-electron chi connectivity index (χ1n) is 3.87. The van der Waals surface area contributed by atoms with Gasteiger partial charge in [-0.05, 0) is 34.1 Å². The molecule has 1 aromatic carbocycles. The van der Waals surface area contributed by atoms with Gasteiger partial charge in [0.25, 0.3) is 0 Å². The molecule has 0 spiro atoms. The number of nitrogens with one attached hydrogen (secondary N) is 1. The zero-order valence-corrected chi connectivity index (χ0v) is 11.1. The molecule has 0 aliphatic carbocycles. The molecule has 3 nitrogen and oxygen atoms in total. The molecule has 0 unspecified atom stereocenters. The Morgan fingerprint density at radius 2 is 2.07 bits per heavy atom. The van der Waals surface area contributed by atoms with Gasteiger partial charge in [0.1, 0.15) is 0 Å². The fourth-order valence-corrected chi connectivity index (χ4v) is 2.04. The number of nitrogens with zero attached hydrogens (tertiary/aromatic N) is 2. The Labute approximate surface area is 109 Å². The fraction of sp³-hybridized carbons (Fsp3) is 0. The van der Waals surface area contributed by atoms with Gasteiger partial charge in [0, 0.05) is 10.2 Å². The molecule has 1 N–H and O–H groups in total. The summed E-state index contributed by atoms with van der Waals surface area (Å²) >= 11 is 16.1. The second-order valence-electron chi connectivity index (χ2n) is 2.66. The molecule has 0 saturated carbocycles. The minimum atomic E-state index is 0.360. The Kier molecular flexibility index (Phi) is 3.45. The van der Waals surface area contributed by atoms with Gasteiger partial charge in [0.15, 0.2) is 11.0 Å². The Bertz CT molecular complexity index is 488. The molecule has 2 aromatic rings. The average Bonchev–Trinajstić information content (AvgIpc) is 2.59. The van der Waals surface area contributed by atoms with E-state index in [0.29, 0.717) is 16.0 Å². The van der Waals surface area contributed by atoms with E-state index in [1.807, 2.05) is 12.1 Å². The highest BCUT2D eigenvalue weighted by Crippen LogP contribution is 2.28. The lowest BCUT2D eigenvalue weighted by Crippen LogP contribution is -1.90. The first-order chi connectivity index (χ1) is 7.16. The molecular weight excluding hydrogens is 321 g/mol. The average molecular weight is 325 g/mol. The van der Waals surface area contributed by atoms with Crippen LogP contribution < -0.4 is 5.32 Å². The predicted molar refractivity (Wildman–Crippen MR) is 67.4 cm³/mol. The lowest BCUT2D eigenvalue weighted by atomic mass is 10.3. The molecule has 78 valence electrons. The van der Waals surface area contributed by atoms with Gasteiger partial charge >= 0.3 is 0 Å². The maximum Gasteiger partial charge on any atom is 0.187 e. The van der Waals surface area contributed by atoms with Gasteiger partial charge in [-0.3, -0.25) is 0 Å². The summed E-state index contributed by atoms with van der Waals surface area (Å²) in [6, 6.07) is 5.49. The molecule has 0 aliphatic rings. The van der Waals surface area contributed by atoms with Crippen molar-refractivity contribution >= 4 is 62.4 Å². The molecule has 0 radical (unpaired) electrons. The summed E-state index contributed by atoms with van der Waals surface area (Å²) in [5.74, 6) is 0.542. The van der Waals surface area contributed by atoms with E-state index in [9.17, 15) is 0 Å². The van der Waals surface area contributed by atoms with Gasteiger partial charge in [-0.2, -0.15) is 8.75 Å². The topological polar surface area (TPSA) is 37.8 Å². The molecule has 0 aliphatic heterocycles. The van der Waals surface area contributed by atoms with Crippen LogP contribution in [-0.2, 0) is 0 Å². The highest BCUT2D eigenvalue weighted by molar-refractivity contribution is 9.10. The van der Waals surface area contributed by atoms with Gasteiger partial charge in [0.2, 0.25) is 0 Å². The molecule has 0 amide bonds. The van der Waals surface area contributed by atoms with E-state index < -0.39 is 0 Å². The van der Waals surface area contributed by atoms with Gasteiger partial charge in [-0.1, -0.05) is 23.2 Å². The summed E-state index contributed by atoms with van der Waals surface area (Å²) in [6.07, 6.45) is 0. The maximum absolute atomic E-state index is 5.94. The smallest absolute Gasteiger partial charge is 0.187 e. The zero-order chi connectivity index (χ0) is 10.8. The van der Waals surface area contributed by atoms with Crippen molar-refractivity contribution in [2.24, 2.45) is 0 Å². The van der Waals surface area contributed by atoms with Crippen molar-refractivity contribution in [2.45, 2.75) is 0 Å². The standard InChI is InChI=1S/C8H4BrCl2N3S/c9-5-2-1-4(3-6(5)10)12-8-7(11)13-15-14-8/h1-3H,(H,12,14). The van der Waals surface area contributed by atoms with Gasteiger partial charge in [-0.15, -0.1) is 0 Å². The fourth-order valence-electron chi connectivity index (χ4n) is 0.963. The summed E-state index contributed by atoms with van der Waals surface area (Å²) < 4.78 is 8.68. The molecule has 2 rings (SSSR count). The summed E-state index contributed by atoms with van der Waals surface area (Å²) in [5, 5.41) is 4.00. The Morgan fingerprint density at radius 1 is 1.27 bits per heavy atom. The number of hydrogen-bond donors (Lipinski definition) is 1. The Balaban J connectivity index is 2.25. The van der Waals surface area contributed by atoms with E-state index in [4.69, 9.17) is 23.2 Å². The number of anilines is 2. The summed E-state index contributed by atoms with van der Waals surface area (Å²) in [6.45, 7) is 0. The van der Waals surface area contributed by atoms with Crippen LogP contribution in [-0.4, -0.2) is 8.75 Å². The number of benzene rings is 1. The van der Waals surface area contributed by atoms with Crippen LogP contribution in [0.15, 0.2) is 22.7 Å². The first-order valence-corrected chi connectivity index (χ1v) is 6.15. The zero-order valence-electron chi connectivity index (χ0n) is 7.17. The summed E-state index contributed by atoms with van der Waals surface area (Å²) in [7, 11) is 0. The normalized spacial score (nSPS) is 10.3. The lowest BCUT2D eigenvalue weighted by molar-refractivity contribution is 1.44. The van der Waals surface area contributed by atoms with E-state index in [1.54, 1.807) is 6.07 Å². The molecule has 1 heterocycles. The van der Waals surface area contributed by atoms with Gasteiger partial charge in [-0.25, -0.2) is 0 Å². The van der Waals surface area contributed by atoms with Crippen LogP contribution in [0.5, 0.6) is 0 Å². The summed E-state index contributed by atoms with van der Waals surface area (Å²) in [5.41, 5.74) is 0.817. The highest BCUT2D eigenvalue weighted by Gasteiger charge is 2.06. The van der Waals surface area contributed by atoms with Crippen molar-refractivity contribution < 1.29 is 0 Å². The molecule has 15 heavy (non-hydrogen) atoms. The molecule has 7 heteroatoms. The van der Waals surface area contributed by atoms with Crippen LogP contribution in [0.1, 0.15) is 0 Å². The highest BCUT2D eigenvalue weighted by atomic mass is 79.9. The monoisotopic (exact) mass is 323 g/mol. The van der Waals surface area contributed by atoms with Crippen molar-refractivity contribution in [2.75, 3.05) is 5.32 Å². The van der Waals surface area contributed by atoms with Crippen LogP contribution in [0.3, 0.4) is 0 Å². The van der Waals surface area contributed by atoms with Crippen molar-refractivity contribution in [1.82, 2.24) is 8.75 Å². The molecule has 0 bridgehead atoms. The van der Waals surface area contributed by atoms with E-state index in [-0.39, 0.29) is 0 Å². The number of halogens is 3. The van der Waals surface area contributed by atoms with Crippen molar-refractivity contribution in [1.29, 1.82) is 0 Å². The van der Waals surface area contributed by atoms with E-state index in [0.717, 1.165) is 21.9 Å². The number of aromatic nitrogens is 2. The van der Waals surface area contributed by atoms with Crippen molar-refractivity contribution in [3.63, 3.8) is 0 Å². The second-order valence-corrected chi connectivity index (χ2v) is 4.81. The van der Waals surface area contributed by atoms with Crippen molar-refractivity contribution in [3.05, 3.63) is 32.8 Å². The minimum absolute atomic E-state index is 0.360. The second kappa shape index (κ2) is 4.65. The maximum atomic E-state index is 5.94. The third-order valence-electron chi connectivity index (χ3n) is 1.63. The predicted octanol–water partition coefficient (Wildman–Crippen LogP) is 4.35. The lowest BCUT2D eigenvalue weighted by Gasteiger charge is -2.04. The van der Waals surface area contributed by atoms with Crippen molar-refractivity contribution in [3.8, 4) is 0 Å².